The molecule has 0 amide bonds. The number of esters is 2. The molecule has 0 aromatic rings. The zero-order chi connectivity index (χ0) is 19.6. The average Bonchev–Trinajstić information content (AvgIpc) is 3.45. The van der Waals surface area contributed by atoms with Crippen LogP contribution in [0, 0.1) is 41.4 Å². The highest BCUT2D eigenvalue weighted by Crippen LogP contribution is 2.69. The normalized spacial score (nSPS) is 44.5. The fourth-order valence-corrected chi connectivity index (χ4v) is 8.02. The van der Waals surface area contributed by atoms with Gasteiger partial charge in [0.15, 0.2) is 0 Å². The Kier molecular flexibility index (Phi) is 4.41. The van der Waals surface area contributed by atoms with Gasteiger partial charge in [-0.1, -0.05) is 13.5 Å². The van der Waals surface area contributed by atoms with E-state index in [0.717, 1.165) is 38.0 Å². The Bertz CT molecular complexity index is 691. The molecule has 4 nitrogen and oxygen atoms in total. The van der Waals surface area contributed by atoms with Crippen LogP contribution >= 0.6 is 0 Å². The Labute approximate surface area is 168 Å². The van der Waals surface area contributed by atoms with Crippen LogP contribution in [0.5, 0.6) is 0 Å². The minimum atomic E-state index is -0.251. The van der Waals surface area contributed by atoms with Crippen molar-refractivity contribution >= 4 is 11.9 Å². The molecular formula is C24H34O4. The first-order valence-electron chi connectivity index (χ1n) is 11.5. The molecule has 0 aromatic heterocycles. The van der Waals surface area contributed by atoms with Crippen LogP contribution in [0.4, 0.5) is 0 Å². The Hall–Kier alpha value is -1.32. The van der Waals surface area contributed by atoms with Crippen LogP contribution in [-0.2, 0) is 19.1 Å². The molecule has 8 unspecified atom stereocenters. The topological polar surface area (TPSA) is 52.6 Å². The fourth-order valence-electron chi connectivity index (χ4n) is 8.02. The maximum absolute atomic E-state index is 13.2. The first-order chi connectivity index (χ1) is 13.4. The Morgan fingerprint density at radius 2 is 1.68 bits per heavy atom. The molecule has 0 N–H and O–H groups in total. The van der Waals surface area contributed by atoms with Crippen molar-refractivity contribution in [1.82, 2.24) is 0 Å². The number of carbonyl (C=O) groups excluding carboxylic acids is 2. The third kappa shape index (κ3) is 2.69. The molecule has 5 saturated carbocycles. The molecule has 0 aromatic carbocycles. The zero-order valence-corrected chi connectivity index (χ0v) is 17.3. The Balaban J connectivity index is 1.29. The summed E-state index contributed by atoms with van der Waals surface area (Å²) >= 11 is 0. The van der Waals surface area contributed by atoms with E-state index in [-0.39, 0.29) is 29.6 Å². The molecule has 4 heteroatoms. The van der Waals surface area contributed by atoms with E-state index >= 15 is 0 Å². The molecule has 0 spiro atoms. The van der Waals surface area contributed by atoms with Crippen molar-refractivity contribution in [2.75, 3.05) is 0 Å². The van der Waals surface area contributed by atoms with Gasteiger partial charge in [-0.2, -0.15) is 0 Å². The summed E-state index contributed by atoms with van der Waals surface area (Å²) in [6.07, 6.45) is 9.81. The van der Waals surface area contributed by atoms with Crippen molar-refractivity contribution in [3.05, 3.63) is 12.2 Å². The van der Waals surface area contributed by atoms with E-state index in [1.165, 1.54) is 25.7 Å². The van der Waals surface area contributed by atoms with Crippen molar-refractivity contribution in [2.24, 2.45) is 41.4 Å². The van der Waals surface area contributed by atoms with Crippen molar-refractivity contribution in [3.63, 3.8) is 0 Å². The lowest BCUT2D eigenvalue weighted by atomic mass is 9.66. The van der Waals surface area contributed by atoms with Gasteiger partial charge in [0.25, 0.3) is 0 Å². The highest BCUT2D eigenvalue weighted by atomic mass is 16.6. The minimum Gasteiger partial charge on any atom is -0.459 e. The van der Waals surface area contributed by atoms with E-state index in [1.54, 1.807) is 6.92 Å². The van der Waals surface area contributed by atoms with Gasteiger partial charge in [0, 0.05) is 5.57 Å². The van der Waals surface area contributed by atoms with E-state index in [9.17, 15) is 9.59 Å². The maximum atomic E-state index is 13.2. The Morgan fingerprint density at radius 1 is 1.00 bits per heavy atom. The molecule has 0 saturated heterocycles. The second-order valence-corrected chi connectivity index (χ2v) is 10.4. The summed E-state index contributed by atoms with van der Waals surface area (Å²) in [6, 6.07) is 0. The van der Waals surface area contributed by atoms with Gasteiger partial charge in [0.05, 0.1) is 5.92 Å². The predicted octanol–water partition coefficient (Wildman–Crippen LogP) is 4.67. The van der Waals surface area contributed by atoms with Gasteiger partial charge in [0.1, 0.15) is 11.7 Å². The largest absolute Gasteiger partial charge is 0.459 e. The third-order valence-electron chi connectivity index (χ3n) is 9.14. The second kappa shape index (κ2) is 6.60. The third-order valence-corrected chi connectivity index (χ3v) is 9.14. The highest BCUT2D eigenvalue weighted by molar-refractivity contribution is 5.87. The molecule has 8 atom stereocenters. The number of fused-ring (bicyclic) bond motifs is 9. The van der Waals surface area contributed by atoms with E-state index in [4.69, 9.17) is 9.47 Å². The molecule has 5 rings (SSSR count). The van der Waals surface area contributed by atoms with Gasteiger partial charge in [-0.15, -0.1) is 0 Å². The van der Waals surface area contributed by atoms with Crippen LogP contribution in [-0.4, -0.2) is 23.6 Å². The fraction of sp³-hybridized carbons (Fsp3) is 0.833. The lowest BCUT2D eigenvalue weighted by Gasteiger charge is -2.41. The van der Waals surface area contributed by atoms with Crippen LogP contribution in [0.2, 0.25) is 0 Å². The number of carbonyl (C=O) groups is 2. The smallest absolute Gasteiger partial charge is 0.333 e. The van der Waals surface area contributed by atoms with Crippen LogP contribution in [0.3, 0.4) is 0 Å². The van der Waals surface area contributed by atoms with Gasteiger partial charge < -0.3 is 9.47 Å². The molecule has 5 fully saturated rings. The summed E-state index contributed by atoms with van der Waals surface area (Å²) in [7, 11) is 0. The highest BCUT2D eigenvalue weighted by Gasteiger charge is 2.66. The van der Waals surface area contributed by atoms with Crippen LogP contribution in [0.25, 0.3) is 0 Å². The van der Waals surface area contributed by atoms with Gasteiger partial charge >= 0.3 is 11.9 Å². The summed E-state index contributed by atoms with van der Waals surface area (Å²) in [5, 5.41) is 0. The van der Waals surface area contributed by atoms with E-state index in [2.05, 4.69) is 13.5 Å². The van der Waals surface area contributed by atoms with Crippen molar-refractivity contribution < 1.29 is 19.1 Å². The zero-order valence-electron chi connectivity index (χ0n) is 17.3. The summed E-state index contributed by atoms with van der Waals surface area (Å²) in [5.41, 5.74) is 0.294. The molecule has 0 aliphatic heterocycles. The number of hydrogen-bond donors (Lipinski definition) is 0. The van der Waals surface area contributed by atoms with Gasteiger partial charge in [-0.25, -0.2) is 4.79 Å². The first-order valence-corrected chi connectivity index (χ1v) is 11.5. The standard InChI is InChI=1S/C24H34O4/c1-4-24(7-5-6-8-24)28-23(26)17-10-14-9-16(17)21-18-11-15(20(14)21)12-19(18)27-22(25)13(2)3/h14-21H,2,4-12H2,1,3H3. The van der Waals surface area contributed by atoms with Gasteiger partial charge in [-0.05, 0) is 100 Å². The lowest BCUT2D eigenvalue weighted by Crippen LogP contribution is -2.43. The predicted molar refractivity (Wildman–Crippen MR) is 105 cm³/mol. The van der Waals surface area contributed by atoms with Crippen LogP contribution in [0.15, 0.2) is 12.2 Å². The lowest BCUT2D eigenvalue weighted by molar-refractivity contribution is -0.170. The monoisotopic (exact) mass is 386 g/mol. The molecule has 0 radical (unpaired) electrons. The average molecular weight is 387 g/mol. The van der Waals surface area contributed by atoms with Crippen molar-refractivity contribution in [3.8, 4) is 0 Å². The van der Waals surface area contributed by atoms with Crippen LogP contribution in [0.1, 0.15) is 71.6 Å². The quantitative estimate of drug-likeness (QED) is 0.391. The van der Waals surface area contributed by atoms with E-state index in [0.29, 0.717) is 35.2 Å². The molecule has 154 valence electrons. The molecule has 0 heterocycles. The summed E-state index contributed by atoms with van der Waals surface area (Å²) < 4.78 is 12.0. The number of ether oxygens (including phenoxy) is 2. The summed E-state index contributed by atoms with van der Waals surface area (Å²) in [4.78, 5) is 25.2. The van der Waals surface area contributed by atoms with Gasteiger partial charge in [-0.3, -0.25) is 4.79 Å². The molecule has 5 aliphatic rings. The van der Waals surface area contributed by atoms with Gasteiger partial charge in [0.2, 0.25) is 0 Å². The molecular weight excluding hydrogens is 352 g/mol. The second-order valence-electron chi connectivity index (χ2n) is 10.4. The number of rotatable bonds is 5. The first kappa shape index (κ1) is 18.7. The summed E-state index contributed by atoms with van der Waals surface area (Å²) in [5.74, 6) is 3.46. The molecule has 28 heavy (non-hydrogen) atoms. The molecule has 5 aliphatic carbocycles. The maximum Gasteiger partial charge on any atom is 0.333 e. The van der Waals surface area contributed by atoms with Crippen LogP contribution < -0.4 is 0 Å². The van der Waals surface area contributed by atoms with Crippen molar-refractivity contribution in [2.45, 2.75) is 83.3 Å². The number of hydrogen-bond acceptors (Lipinski definition) is 4. The molecule has 4 bridgehead atoms. The Morgan fingerprint density at radius 3 is 2.36 bits per heavy atom. The van der Waals surface area contributed by atoms with E-state index < -0.39 is 0 Å². The van der Waals surface area contributed by atoms with E-state index in [1.807, 2.05) is 0 Å². The summed E-state index contributed by atoms with van der Waals surface area (Å²) in [6.45, 7) is 7.60. The van der Waals surface area contributed by atoms with Crippen molar-refractivity contribution in [1.29, 1.82) is 0 Å². The minimum absolute atomic E-state index is 0.0308. The SMILES string of the molecule is C=C(C)C(=O)OC1CC2CC1C1C3CC(CC3C(=O)OC3(CC)CCCC3)C21.